The van der Waals surface area contributed by atoms with E-state index in [0.29, 0.717) is 42.9 Å². The fourth-order valence-corrected chi connectivity index (χ4v) is 5.28. The Morgan fingerprint density at radius 1 is 1.07 bits per heavy atom. The molecule has 4 aromatic rings. The van der Waals surface area contributed by atoms with Gasteiger partial charge < -0.3 is 25.1 Å². The molecule has 1 saturated heterocycles. The third-order valence-corrected chi connectivity index (χ3v) is 7.42. The van der Waals surface area contributed by atoms with Gasteiger partial charge in [0.05, 0.1) is 5.02 Å². The number of rotatable bonds is 6. The molecule has 2 heterocycles. The van der Waals surface area contributed by atoms with Gasteiger partial charge >= 0.3 is 0 Å². The van der Waals surface area contributed by atoms with Crippen LogP contribution in [0.5, 0.6) is 5.75 Å². The number of hydrogen-bond acceptors (Lipinski definition) is 7. The van der Waals surface area contributed by atoms with Crippen LogP contribution in [0.15, 0.2) is 42.5 Å². The van der Waals surface area contributed by atoms with Gasteiger partial charge in [-0.3, -0.25) is 9.59 Å². The van der Waals surface area contributed by atoms with Crippen molar-refractivity contribution in [1.29, 1.82) is 0 Å². The molecule has 0 bridgehead atoms. The summed E-state index contributed by atoms with van der Waals surface area (Å²) in [6, 6.07) is 12.1. The van der Waals surface area contributed by atoms with Gasteiger partial charge in [-0.25, -0.2) is 9.37 Å². The van der Waals surface area contributed by atoms with Crippen LogP contribution in [0, 0.1) is 5.82 Å². The Labute approximate surface area is 236 Å². The Kier molecular flexibility index (Phi) is 7.62. The summed E-state index contributed by atoms with van der Waals surface area (Å²) in [7, 11) is 3.36. The minimum Gasteiger partial charge on any atom is -0.508 e. The summed E-state index contributed by atoms with van der Waals surface area (Å²) in [5, 5.41) is 15.5. The van der Waals surface area contributed by atoms with Crippen LogP contribution < -0.4 is 10.2 Å². The highest BCUT2D eigenvalue weighted by Gasteiger charge is 2.26. The lowest BCUT2D eigenvalue weighted by Crippen LogP contribution is -2.48. The van der Waals surface area contributed by atoms with Crippen molar-refractivity contribution in [3.05, 3.63) is 53.3 Å². The van der Waals surface area contributed by atoms with Crippen LogP contribution >= 0.6 is 11.6 Å². The van der Waals surface area contributed by atoms with Crippen LogP contribution in [0.25, 0.3) is 32.8 Å². The maximum absolute atomic E-state index is 16.5. The molecule has 11 heteroatoms. The number of nitrogens with zero attached hydrogens (tertiary/aromatic N) is 5. The van der Waals surface area contributed by atoms with E-state index in [2.05, 4.69) is 10.3 Å². The quantitative estimate of drug-likeness (QED) is 0.355. The van der Waals surface area contributed by atoms with Crippen molar-refractivity contribution >= 4 is 56.9 Å². The number of hydrogen-bond donors (Lipinski definition) is 2. The lowest BCUT2D eigenvalue weighted by molar-refractivity contribution is -0.129. The molecule has 0 radical (unpaired) electrons. The zero-order chi connectivity index (χ0) is 28.6. The molecule has 1 aliphatic rings. The summed E-state index contributed by atoms with van der Waals surface area (Å²) >= 11 is 6.75. The number of fused-ring (bicyclic) bond motifs is 2. The molecule has 40 heavy (non-hydrogen) atoms. The van der Waals surface area contributed by atoms with Crippen molar-refractivity contribution in [1.82, 2.24) is 19.8 Å². The number of carbonyl (C=O) groups is 2. The Bertz CT molecular complexity index is 1620. The Balaban J connectivity index is 1.64. The number of carbonyl (C=O) groups excluding carboxylic acids is 2. The van der Waals surface area contributed by atoms with Crippen molar-refractivity contribution < 1.29 is 19.1 Å². The van der Waals surface area contributed by atoms with Crippen LogP contribution in [-0.4, -0.2) is 83.5 Å². The van der Waals surface area contributed by atoms with E-state index in [1.165, 1.54) is 17.9 Å². The zero-order valence-corrected chi connectivity index (χ0v) is 23.3. The molecule has 2 amide bonds. The van der Waals surface area contributed by atoms with E-state index >= 15 is 4.39 Å². The van der Waals surface area contributed by atoms with E-state index in [4.69, 9.17) is 16.6 Å². The van der Waals surface area contributed by atoms with E-state index in [-0.39, 0.29) is 52.6 Å². The molecule has 2 N–H and O–H groups in total. The first kappa shape index (κ1) is 27.4. The molecule has 0 unspecified atom stereocenters. The molecule has 0 spiro atoms. The summed E-state index contributed by atoms with van der Waals surface area (Å²) in [5.41, 5.74) is 0.634. The first-order chi connectivity index (χ1) is 19.1. The fraction of sp³-hybridized carbons (Fsp3) is 0.310. The van der Waals surface area contributed by atoms with Crippen LogP contribution in [0.4, 0.5) is 16.2 Å². The highest BCUT2D eigenvalue weighted by molar-refractivity contribution is 6.35. The number of nitrogens with one attached hydrogen (secondary N) is 1. The predicted molar refractivity (Wildman–Crippen MR) is 155 cm³/mol. The molecule has 0 aliphatic carbocycles. The topological polar surface area (TPSA) is 102 Å². The molecule has 1 aromatic heterocycles. The smallest absolute Gasteiger partial charge is 0.225 e. The standard InChI is InChI=1S/C29H30ClFN6O3/c1-17(38)36-10-12-37(13-11-36)28-22-16-23(30)25(21-15-19(39)14-18-6-4-5-7-20(18)21)26(31)27(22)33-29(34-28)32-9-8-24(40)35(2)3/h4-7,14-16,39H,8-13H2,1-3H3,(H,32,33,34). The summed E-state index contributed by atoms with van der Waals surface area (Å²) in [6.45, 7) is 3.81. The largest absolute Gasteiger partial charge is 0.508 e. The molecule has 5 rings (SSSR count). The van der Waals surface area contributed by atoms with Gasteiger partial charge in [-0.2, -0.15) is 4.98 Å². The number of anilines is 2. The van der Waals surface area contributed by atoms with E-state index in [1.807, 2.05) is 29.2 Å². The summed E-state index contributed by atoms with van der Waals surface area (Å²) in [5.74, 6) is -0.0543. The third kappa shape index (κ3) is 5.31. The minimum atomic E-state index is -0.642. The first-order valence-corrected chi connectivity index (χ1v) is 13.4. The van der Waals surface area contributed by atoms with Crippen LogP contribution in [0.3, 0.4) is 0 Å². The number of benzene rings is 3. The highest BCUT2D eigenvalue weighted by Crippen LogP contribution is 2.42. The highest BCUT2D eigenvalue weighted by atomic mass is 35.5. The maximum Gasteiger partial charge on any atom is 0.225 e. The lowest BCUT2D eigenvalue weighted by atomic mass is 9.96. The van der Waals surface area contributed by atoms with E-state index in [1.54, 1.807) is 31.1 Å². The second-order valence-electron chi connectivity index (χ2n) is 9.99. The SMILES string of the molecule is CC(=O)N1CCN(c2nc(NCCC(=O)N(C)C)nc3c(F)c(-c4cc(O)cc5ccccc45)c(Cl)cc23)CC1. The molecular weight excluding hydrogens is 535 g/mol. The Morgan fingerprint density at radius 3 is 2.50 bits per heavy atom. The number of phenolic OH excluding ortho intramolecular Hbond substituents is 1. The number of amides is 2. The molecule has 1 aliphatic heterocycles. The summed E-state index contributed by atoms with van der Waals surface area (Å²) in [6.07, 6.45) is 0.213. The van der Waals surface area contributed by atoms with Crippen molar-refractivity contribution in [2.24, 2.45) is 0 Å². The van der Waals surface area contributed by atoms with Gasteiger partial charge in [-0.15, -0.1) is 0 Å². The average Bonchev–Trinajstić information content (AvgIpc) is 2.93. The first-order valence-electron chi connectivity index (χ1n) is 13.0. The van der Waals surface area contributed by atoms with Crippen molar-refractivity contribution in [2.45, 2.75) is 13.3 Å². The van der Waals surface area contributed by atoms with E-state index < -0.39 is 5.82 Å². The third-order valence-electron chi connectivity index (χ3n) is 7.12. The second-order valence-corrected chi connectivity index (χ2v) is 10.4. The lowest BCUT2D eigenvalue weighted by Gasteiger charge is -2.35. The summed E-state index contributed by atoms with van der Waals surface area (Å²) in [4.78, 5) is 38.4. The van der Waals surface area contributed by atoms with Crippen LogP contribution in [0.1, 0.15) is 13.3 Å². The molecule has 0 saturated carbocycles. The monoisotopic (exact) mass is 564 g/mol. The molecule has 0 atom stereocenters. The zero-order valence-electron chi connectivity index (χ0n) is 22.5. The molecule has 1 fully saturated rings. The van der Waals surface area contributed by atoms with Gasteiger partial charge in [0, 0.05) is 71.1 Å². The van der Waals surface area contributed by atoms with Gasteiger partial charge in [0.2, 0.25) is 17.8 Å². The summed E-state index contributed by atoms with van der Waals surface area (Å²) < 4.78 is 16.5. The Hall–Kier alpha value is -4.18. The number of aromatic nitrogens is 2. The van der Waals surface area contributed by atoms with Gasteiger partial charge in [0.15, 0.2) is 5.82 Å². The molecule has 9 nitrogen and oxygen atoms in total. The average molecular weight is 565 g/mol. The van der Waals surface area contributed by atoms with Crippen LogP contribution in [0.2, 0.25) is 5.02 Å². The molecule has 3 aromatic carbocycles. The van der Waals surface area contributed by atoms with Gasteiger partial charge in [0.25, 0.3) is 0 Å². The normalized spacial score (nSPS) is 13.6. The minimum absolute atomic E-state index is 0.00261. The number of halogens is 2. The van der Waals surface area contributed by atoms with Crippen molar-refractivity contribution in [3.63, 3.8) is 0 Å². The van der Waals surface area contributed by atoms with Gasteiger partial charge in [0.1, 0.15) is 17.1 Å². The van der Waals surface area contributed by atoms with Crippen molar-refractivity contribution in [2.75, 3.05) is 57.0 Å². The fourth-order valence-electron chi connectivity index (χ4n) is 4.99. The van der Waals surface area contributed by atoms with E-state index in [9.17, 15) is 14.7 Å². The van der Waals surface area contributed by atoms with E-state index in [0.717, 1.165) is 10.8 Å². The van der Waals surface area contributed by atoms with Crippen molar-refractivity contribution in [3.8, 4) is 16.9 Å². The van der Waals surface area contributed by atoms with Crippen LogP contribution in [-0.2, 0) is 9.59 Å². The maximum atomic E-state index is 16.5. The Morgan fingerprint density at radius 2 is 1.80 bits per heavy atom. The number of piperazine rings is 1. The van der Waals surface area contributed by atoms with Gasteiger partial charge in [-0.1, -0.05) is 35.9 Å². The van der Waals surface area contributed by atoms with Gasteiger partial charge in [-0.05, 0) is 34.5 Å². The number of aromatic hydroxyl groups is 1. The second kappa shape index (κ2) is 11.1. The predicted octanol–water partition coefficient (Wildman–Crippen LogP) is 4.51. The molecular formula is C29H30ClFN6O3. The number of phenols is 1. The molecule has 208 valence electrons.